The van der Waals surface area contributed by atoms with Gasteiger partial charge in [0.2, 0.25) is 0 Å². The van der Waals surface area contributed by atoms with Crippen molar-refractivity contribution in [3.05, 3.63) is 59.7 Å². The molecule has 0 fully saturated rings. The Balaban J connectivity index is 0.000000211. The number of unbranched alkanes of at least 4 members (excludes halogenated alkanes) is 8. The lowest BCUT2D eigenvalue weighted by Crippen LogP contribution is -2.32. The van der Waals surface area contributed by atoms with Crippen LogP contribution in [0, 0.1) is 0 Å². The van der Waals surface area contributed by atoms with Crippen LogP contribution < -0.4 is 0 Å². The smallest absolute Gasteiger partial charge is 0.199 e. The molecule has 6 nitrogen and oxygen atoms in total. The number of carbonyl (C=O) groups excluding carboxylic acids is 2. The van der Waals surface area contributed by atoms with Gasteiger partial charge in [0.1, 0.15) is 0 Å². The first kappa shape index (κ1) is 29.6. The number of nitrogens with zero attached hydrogens (tertiary/aromatic N) is 2. The van der Waals surface area contributed by atoms with Crippen LogP contribution in [-0.4, -0.2) is 45.4 Å². The molecule has 0 saturated heterocycles. The summed E-state index contributed by atoms with van der Waals surface area (Å²) in [6, 6.07) is 14.4. The Morgan fingerprint density at radius 3 is 1.34 bits per heavy atom. The Kier molecular flexibility index (Phi) is 12.0. The quantitative estimate of drug-likeness (QED) is 0.287. The van der Waals surface area contributed by atoms with Crippen LogP contribution in [0.2, 0.25) is 0 Å². The number of para-hydroxylation sites is 2. The van der Waals surface area contributed by atoms with Gasteiger partial charge in [-0.3, -0.25) is 19.6 Å². The second-order valence-corrected chi connectivity index (χ2v) is 10.1. The molecule has 0 amide bonds. The van der Waals surface area contributed by atoms with Crippen molar-refractivity contribution in [3.8, 4) is 0 Å². The highest BCUT2D eigenvalue weighted by atomic mass is 16.3. The van der Waals surface area contributed by atoms with Gasteiger partial charge in [0, 0.05) is 11.1 Å². The molecule has 0 aliphatic carbocycles. The monoisotopic (exact) mass is 518 g/mol. The maximum absolute atomic E-state index is 12.0. The first-order chi connectivity index (χ1) is 18.5. The van der Waals surface area contributed by atoms with Crippen molar-refractivity contribution in [2.75, 3.05) is 0 Å². The van der Waals surface area contributed by atoms with Gasteiger partial charge in [-0.15, -0.1) is 0 Å². The van der Waals surface area contributed by atoms with E-state index < -0.39 is 12.2 Å². The first-order valence-corrected chi connectivity index (χ1v) is 14.2. The van der Waals surface area contributed by atoms with Crippen LogP contribution in [-0.2, 0) is 0 Å². The zero-order valence-electron chi connectivity index (χ0n) is 22.9. The summed E-state index contributed by atoms with van der Waals surface area (Å²) in [6.07, 6.45) is 11.0. The molecule has 2 heterocycles. The molecule has 0 saturated carbocycles. The van der Waals surface area contributed by atoms with E-state index in [2.05, 4.69) is 23.8 Å². The summed E-state index contributed by atoms with van der Waals surface area (Å²) in [5, 5.41) is 20.0. The second-order valence-electron chi connectivity index (χ2n) is 10.1. The lowest BCUT2D eigenvalue weighted by molar-refractivity contribution is 0.0833. The Hall–Kier alpha value is -2.96. The van der Waals surface area contributed by atoms with Crippen molar-refractivity contribution in [2.45, 2.75) is 103 Å². The minimum absolute atomic E-state index is 0.214. The van der Waals surface area contributed by atoms with E-state index in [1.54, 1.807) is 24.3 Å². The Morgan fingerprint density at radius 2 is 0.947 bits per heavy atom. The number of ketones is 2. The molecule has 2 N–H and O–H groups in total. The molecule has 0 bridgehead atoms. The molecule has 2 aliphatic heterocycles. The summed E-state index contributed by atoms with van der Waals surface area (Å²) in [5.74, 6) is -0.427. The number of aliphatic hydroxyl groups is 2. The third-order valence-electron chi connectivity index (χ3n) is 7.07. The van der Waals surface area contributed by atoms with Gasteiger partial charge in [0.15, 0.2) is 23.8 Å². The number of aliphatic imine (C=N–C) groups is 2. The lowest BCUT2D eigenvalue weighted by Gasteiger charge is -2.19. The van der Waals surface area contributed by atoms with E-state index in [1.807, 2.05) is 24.3 Å². The summed E-state index contributed by atoms with van der Waals surface area (Å²) in [6.45, 7) is 4.37. The standard InChI is InChI=1S/2C16H21NO2/c2*1-2-3-4-5-6-11-14-16(19)15(18)12-9-7-8-10-13(12)17-14/h2*7-10,16,19H,2-6,11H2,1H3. The number of benzene rings is 2. The molecule has 38 heavy (non-hydrogen) atoms. The van der Waals surface area contributed by atoms with Crippen molar-refractivity contribution in [1.82, 2.24) is 0 Å². The van der Waals surface area contributed by atoms with Gasteiger partial charge in [-0.2, -0.15) is 0 Å². The zero-order valence-corrected chi connectivity index (χ0v) is 22.9. The van der Waals surface area contributed by atoms with E-state index in [9.17, 15) is 19.8 Å². The van der Waals surface area contributed by atoms with Gasteiger partial charge < -0.3 is 10.2 Å². The average molecular weight is 519 g/mol. The largest absolute Gasteiger partial charge is 0.379 e. The number of hydrogen-bond donors (Lipinski definition) is 2. The van der Waals surface area contributed by atoms with Crippen molar-refractivity contribution in [1.29, 1.82) is 0 Å². The minimum Gasteiger partial charge on any atom is -0.379 e. The van der Waals surface area contributed by atoms with Gasteiger partial charge >= 0.3 is 0 Å². The SMILES string of the molecule is CCCCCCCC1=Nc2ccccc2C(=O)C1O.CCCCCCCC1=Nc2ccccc2C(=O)C1O. The molecule has 2 atom stereocenters. The normalized spacial score (nSPS) is 18.1. The maximum atomic E-state index is 12.0. The molecule has 204 valence electrons. The zero-order chi connectivity index (χ0) is 27.3. The minimum atomic E-state index is -1.04. The molecule has 2 unspecified atom stereocenters. The number of rotatable bonds is 12. The third-order valence-corrected chi connectivity index (χ3v) is 7.07. The van der Waals surface area contributed by atoms with E-state index in [0.717, 1.165) is 25.7 Å². The lowest BCUT2D eigenvalue weighted by atomic mass is 9.94. The van der Waals surface area contributed by atoms with Crippen LogP contribution in [0.1, 0.15) is 112 Å². The van der Waals surface area contributed by atoms with Crippen molar-refractivity contribution >= 4 is 34.4 Å². The number of fused-ring (bicyclic) bond motifs is 2. The summed E-state index contributed by atoms with van der Waals surface area (Å²) < 4.78 is 0. The molecule has 0 aromatic heterocycles. The Morgan fingerprint density at radius 1 is 0.579 bits per heavy atom. The predicted octanol–water partition coefficient (Wildman–Crippen LogP) is 7.35. The molecule has 2 aromatic rings. The Labute approximate surface area is 226 Å². The van der Waals surface area contributed by atoms with E-state index in [4.69, 9.17) is 0 Å². The van der Waals surface area contributed by atoms with Crippen LogP contribution in [0.3, 0.4) is 0 Å². The fourth-order valence-electron chi connectivity index (χ4n) is 4.79. The van der Waals surface area contributed by atoms with Gasteiger partial charge in [0.05, 0.1) is 22.8 Å². The van der Waals surface area contributed by atoms with Crippen LogP contribution in [0.5, 0.6) is 0 Å². The van der Waals surface area contributed by atoms with Gasteiger partial charge in [-0.25, -0.2) is 0 Å². The number of aliphatic hydroxyl groups excluding tert-OH is 2. The van der Waals surface area contributed by atoms with Crippen LogP contribution in [0.25, 0.3) is 0 Å². The van der Waals surface area contributed by atoms with E-state index in [1.165, 1.54) is 38.5 Å². The van der Waals surface area contributed by atoms with Gasteiger partial charge in [0.25, 0.3) is 0 Å². The summed E-state index contributed by atoms with van der Waals surface area (Å²) >= 11 is 0. The predicted molar refractivity (Wildman–Crippen MR) is 155 cm³/mol. The highest BCUT2D eigenvalue weighted by molar-refractivity contribution is 6.20. The second kappa shape index (κ2) is 15.5. The average Bonchev–Trinajstić information content (AvgIpc) is 2.94. The Bertz CT molecular complexity index is 1050. The van der Waals surface area contributed by atoms with Crippen LogP contribution >= 0.6 is 0 Å². The first-order valence-electron chi connectivity index (χ1n) is 14.2. The molecular formula is C32H42N2O4. The van der Waals surface area contributed by atoms with E-state index in [-0.39, 0.29) is 11.6 Å². The van der Waals surface area contributed by atoms with Crippen LogP contribution in [0.15, 0.2) is 58.5 Å². The summed E-state index contributed by atoms with van der Waals surface area (Å²) in [5.41, 5.74) is 3.71. The topological polar surface area (TPSA) is 99.3 Å². The van der Waals surface area contributed by atoms with Crippen molar-refractivity contribution in [3.63, 3.8) is 0 Å². The van der Waals surface area contributed by atoms with Crippen molar-refractivity contribution in [2.24, 2.45) is 9.98 Å². The van der Waals surface area contributed by atoms with Crippen LogP contribution in [0.4, 0.5) is 11.4 Å². The summed E-state index contributed by atoms with van der Waals surface area (Å²) in [4.78, 5) is 32.9. The fourth-order valence-corrected chi connectivity index (χ4v) is 4.79. The third kappa shape index (κ3) is 8.02. The van der Waals surface area contributed by atoms with Gasteiger partial charge in [-0.1, -0.05) is 89.5 Å². The van der Waals surface area contributed by atoms with Crippen molar-refractivity contribution < 1.29 is 19.8 Å². The highest BCUT2D eigenvalue weighted by Gasteiger charge is 2.29. The molecule has 4 rings (SSSR count). The molecule has 2 aliphatic rings. The van der Waals surface area contributed by atoms with E-state index in [0.29, 0.717) is 46.8 Å². The number of carbonyl (C=O) groups is 2. The molecule has 6 heteroatoms. The number of Topliss-reactive ketones (excluding diaryl/α,β-unsaturated/α-hetero) is 2. The molecular weight excluding hydrogens is 476 g/mol. The molecule has 0 spiro atoms. The summed E-state index contributed by atoms with van der Waals surface area (Å²) in [7, 11) is 0. The highest BCUT2D eigenvalue weighted by Crippen LogP contribution is 2.28. The van der Waals surface area contributed by atoms with Gasteiger partial charge in [-0.05, 0) is 49.9 Å². The molecule has 2 aromatic carbocycles. The number of hydrogen-bond acceptors (Lipinski definition) is 6. The maximum Gasteiger partial charge on any atom is 0.199 e. The van der Waals surface area contributed by atoms with E-state index >= 15 is 0 Å². The fraction of sp³-hybridized carbons (Fsp3) is 0.500. The molecule has 0 radical (unpaired) electrons.